The van der Waals surface area contributed by atoms with Gasteiger partial charge in [0.05, 0.1) is 11.7 Å². The summed E-state index contributed by atoms with van der Waals surface area (Å²) in [5, 5.41) is 4.35. The van der Waals surface area contributed by atoms with Gasteiger partial charge < -0.3 is 4.74 Å². The Morgan fingerprint density at radius 3 is 2.84 bits per heavy atom. The molecule has 2 aliphatic rings. The van der Waals surface area contributed by atoms with Gasteiger partial charge in [-0.25, -0.2) is 4.98 Å². The minimum atomic E-state index is -0.0625. The molecule has 4 rings (SSSR count). The highest BCUT2D eigenvalue weighted by Crippen LogP contribution is 2.27. The number of carbonyl (C=O) groups is 1. The van der Waals surface area contributed by atoms with Gasteiger partial charge >= 0.3 is 0 Å². The third kappa shape index (κ3) is 3.11. The van der Waals surface area contributed by atoms with Crippen molar-refractivity contribution in [2.24, 2.45) is 7.05 Å². The fourth-order valence-corrected chi connectivity index (χ4v) is 3.80. The summed E-state index contributed by atoms with van der Waals surface area (Å²) in [4.78, 5) is 21.2. The second-order valence-electron chi connectivity index (χ2n) is 6.75. The van der Waals surface area contributed by atoms with Crippen molar-refractivity contribution in [2.45, 2.75) is 31.9 Å². The second kappa shape index (κ2) is 6.48. The molecule has 2 atom stereocenters. The van der Waals surface area contributed by atoms with Crippen molar-refractivity contribution in [2.75, 3.05) is 24.5 Å². The molecule has 2 aliphatic heterocycles. The molecule has 2 fully saturated rings. The van der Waals surface area contributed by atoms with Gasteiger partial charge in [-0.3, -0.25) is 19.3 Å². The molecule has 132 valence electrons. The molecule has 0 N–H and O–H groups in total. The predicted octanol–water partition coefficient (Wildman–Crippen LogP) is 1.38. The minimum absolute atomic E-state index is 0.0625. The molecule has 0 radical (unpaired) electrons. The van der Waals surface area contributed by atoms with Crippen molar-refractivity contribution in [3.8, 4) is 5.88 Å². The van der Waals surface area contributed by atoms with E-state index in [1.807, 2.05) is 43.1 Å². The number of amides is 1. The summed E-state index contributed by atoms with van der Waals surface area (Å²) in [7, 11) is 1.88. The highest BCUT2D eigenvalue weighted by atomic mass is 16.5. The Balaban J connectivity index is 1.40. The van der Waals surface area contributed by atoms with Gasteiger partial charge in [-0.1, -0.05) is 6.07 Å². The van der Waals surface area contributed by atoms with Crippen molar-refractivity contribution in [3.63, 3.8) is 0 Å². The molecule has 2 aromatic rings. The van der Waals surface area contributed by atoms with Crippen molar-refractivity contribution in [1.82, 2.24) is 19.7 Å². The van der Waals surface area contributed by atoms with Crippen molar-refractivity contribution in [3.05, 3.63) is 36.2 Å². The van der Waals surface area contributed by atoms with Crippen LogP contribution in [0, 0.1) is 6.92 Å². The lowest BCUT2D eigenvalue weighted by Crippen LogP contribution is -2.41. The summed E-state index contributed by atoms with van der Waals surface area (Å²) in [6.45, 7) is 4.34. The molecule has 2 unspecified atom stereocenters. The van der Waals surface area contributed by atoms with Gasteiger partial charge in [0, 0.05) is 45.0 Å². The summed E-state index contributed by atoms with van der Waals surface area (Å²) < 4.78 is 7.73. The first-order valence-corrected chi connectivity index (χ1v) is 8.75. The maximum atomic E-state index is 12.9. The van der Waals surface area contributed by atoms with Gasteiger partial charge in [-0.05, 0) is 25.8 Å². The van der Waals surface area contributed by atoms with Gasteiger partial charge in [0.15, 0.2) is 0 Å². The maximum Gasteiger partial charge on any atom is 0.245 e. The minimum Gasteiger partial charge on any atom is -0.473 e. The molecule has 0 bridgehead atoms. The van der Waals surface area contributed by atoms with Crippen molar-refractivity contribution >= 4 is 11.7 Å². The number of ether oxygens (including phenoxy) is 1. The van der Waals surface area contributed by atoms with E-state index in [1.54, 1.807) is 10.9 Å². The van der Waals surface area contributed by atoms with E-state index in [4.69, 9.17) is 4.74 Å². The maximum absolute atomic E-state index is 12.9. The molecule has 2 saturated heterocycles. The van der Waals surface area contributed by atoms with Crippen LogP contribution in [-0.2, 0) is 11.8 Å². The fraction of sp³-hybridized carbons (Fsp3) is 0.500. The highest BCUT2D eigenvalue weighted by molar-refractivity contribution is 5.98. The number of likely N-dealkylation sites (tertiary alicyclic amines) is 1. The van der Waals surface area contributed by atoms with E-state index in [9.17, 15) is 4.79 Å². The van der Waals surface area contributed by atoms with Gasteiger partial charge in [0.25, 0.3) is 0 Å². The van der Waals surface area contributed by atoms with E-state index in [0.29, 0.717) is 5.88 Å². The third-order valence-electron chi connectivity index (χ3n) is 4.97. The molecule has 7 nitrogen and oxygen atoms in total. The summed E-state index contributed by atoms with van der Waals surface area (Å²) in [5.41, 5.74) is 0.929. The average Bonchev–Trinajstić information content (AvgIpc) is 3.28. The number of hydrogen-bond donors (Lipinski definition) is 0. The number of nitrogens with zero attached hydrogens (tertiary/aromatic N) is 5. The molecule has 4 heterocycles. The highest BCUT2D eigenvalue weighted by Gasteiger charge is 2.40. The van der Waals surface area contributed by atoms with E-state index in [1.165, 1.54) is 0 Å². The van der Waals surface area contributed by atoms with Crippen molar-refractivity contribution in [1.29, 1.82) is 0 Å². The van der Waals surface area contributed by atoms with E-state index in [2.05, 4.69) is 15.0 Å². The zero-order valence-corrected chi connectivity index (χ0v) is 14.6. The number of pyridine rings is 1. The van der Waals surface area contributed by atoms with Crippen LogP contribution < -0.4 is 9.64 Å². The van der Waals surface area contributed by atoms with E-state index in [0.717, 1.165) is 44.0 Å². The lowest BCUT2D eigenvalue weighted by Gasteiger charge is -2.23. The fourth-order valence-electron chi connectivity index (χ4n) is 3.80. The Kier molecular flexibility index (Phi) is 4.17. The molecule has 1 amide bonds. The molecular weight excluding hydrogens is 318 g/mol. The number of rotatable bonds is 4. The third-order valence-corrected chi connectivity index (χ3v) is 4.97. The number of hydrogen-bond acceptors (Lipinski definition) is 5. The van der Waals surface area contributed by atoms with Crippen LogP contribution in [0.2, 0.25) is 0 Å². The topological polar surface area (TPSA) is 63.5 Å². The molecule has 0 spiro atoms. The lowest BCUT2D eigenvalue weighted by molar-refractivity contribution is -0.121. The average molecular weight is 341 g/mol. The molecule has 0 saturated carbocycles. The number of aromatic nitrogens is 3. The van der Waals surface area contributed by atoms with Crippen molar-refractivity contribution < 1.29 is 9.53 Å². The van der Waals surface area contributed by atoms with Crippen LogP contribution >= 0.6 is 0 Å². The van der Waals surface area contributed by atoms with E-state index >= 15 is 0 Å². The summed E-state index contributed by atoms with van der Waals surface area (Å²) in [6.07, 6.45) is 3.59. The van der Waals surface area contributed by atoms with Crippen LogP contribution in [0.25, 0.3) is 0 Å². The van der Waals surface area contributed by atoms with Crippen LogP contribution in [0.5, 0.6) is 5.88 Å². The Morgan fingerprint density at radius 2 is 2.12 bits per heavy atom. The summed E-state index contributed by atoms with van der Waals surface area (Å²) in [6, 6.07) is 7.57. The van der Waals surface area contributed by atoms with E-state index < -0.39 is 0 Å². The van der Waals surface area contributed by atoms with Gasteiger partial charge in [0.1, 0.15) is 11.9 Å². The largest absolute Gasteiger partial charge is 0.473 e. The molecule has 2 aromatic heterocycles. The van der Waals surface area contributed by atoms with Gasteiger partial charge in [-0.2, -0.15) is 5.10 Å². The molecule has 25 heavy (non-hydrogen) atoms. The SMILES string of the molecule is Cc1cc(N2CCC(N3CCC(Oc4ccccn4)C3)C2=O)n(C)n1. The monoisotopic (exact) mass is 341 g/mol. The smallest absolute Gasteiger partial charge is 0.245 e. The Morgan fingerprint density at radius 1 is 1.24 bits per heavy atom. The van der Waals surface area contributed by atoms with Crippen LogP contribution in [0.3, 0.4) is 0 Å². The molecule has 7 heteroatoms. The Labute approximate surface area is 147 Å². The van der Waals surface area contributed by atoms with Crippen LogP contribution in [0.4, 0.5) is 5.82 Å². The normalized spacial score (nSPS) is 24.2. The first-order chi connectivity index (χ1) is 12.1. The zero-order chi connectivity index (χ0) is 17.4. The van der Waals surface area contributed by atoms with Gasteiger partial charge in [-0.15, -0.1) is 0 Å². The van der Waals surface area contributed by atoms with Crippen LogP contribution in [0.15, 0.2) is 30.5 Å². The first kappa shape index (κ1) is 16.1. The number of aryl methyl sites for hydroxylation is 2. The second-order valence-corrected chi connectivity index (χ2v) is 6.75. The quantitative estimate of drug-likeness (QED) is 0.841. The van der Waals surface area contributed by atoms with E-state index in [-0.39, 0.29) is 18.1 Å². The summed E-state index contributed by atoms with van der Waals surface area (Å²) >= 11 is 0. The first-order valence-electron chi connectivity index (χ1n) is 8.75. The zero-order valence-electron chi connectivity index (χ0n) is 14.6. The Bertz CT molecular complexity index is 760. The molecular formula is C18H23N5O2. The van der Waals surface area contributed by atoms with Crippen LogP contribution in [0.1, 0.15) is 18.5 Å². The molecule has 0 aliphatic carbocycles. The van der Waals surface area contributed by atoms with Gasteiger partial charge in [0.2, 0.25) is 11.8 Å². The standard InChI is InChI=1S/C18H23N5O2/c1-13-11-17(21(2)20-13)23-10-7-15(18(23)24)22-9-6-14(12-22)25-16-5-3-4-8-19-16/h3-5,8,11,14-15H,6-7,9-10,12H2,1-2H3. The lowest BCUT2D eigenvalue weighted by atomic mass is 10.2. The Hall–Kier alpha value is -2.41. The number of carbonyl (C=O) groups excluding carboxylic acids is 1. The number of anilines is 1. The van der Waals surface area contributed by atoms with Crippen LogP contribution in [-0.4, -0.2) is 57.4 Å². The molecule has 0 aromatic carbocycles. The summed E-state index contributed by atoms with van der Waals surface area (Å²) in [5.74, 6) is 1.70. The predicted molar refractivity (Wildman–Crippen MR) is 93.5 cm³/mol.